The van der Waals surface area contributed by atoms with Gasteiger partial charge in [-0.3, -0.25) is 19.7 Å². The first-order valence-corrected chi connectivity index (χ1v) is 13.3. The maximum Gasteiger partial charge on any atom is 0.335 e. The number of hydrogen-bond donors (Lipinski definition) is 2. The van der Waals surface area contributed by atoms with Crippen molar-refractivity contribution in [3.63, 3.8) is 0 Å². The number of urea groups is 1. The normalized spacial score (nSPS) is 14.3. The number of ether oxygens (including phenoxy) is 2. The summed E-state index contributed by atoms with van der Waals surface area (Å²) >= 11 is 14.0. The summed E-state index contributed by atoms with van der Waals surface area (Å²) in [5.41, 5.74) is 0.935. The first-order chi connectivity index (χ1) is 18.7. The third-order valence-corrected chi connectivity index (χ3v) is 6.85. The summed E-state index contributed by atoms with van der Waals surface area (Å²) < 4.78 is 12.0. The van der Waals surface area contributed by atoms with Gasteiger partial charge >= 0.3 is 6.03 Å². The number of barbiturate groups is 1. The fourth-order valence-corrected chi connectivity index (χ4v) is 4.69. The Labute approximate surface area is 247 Å². The molecule has 1 heterocycles. The van der Waals surface area contributed by atoms with Crippen LogP contribution in [0.3, 0.4) is 0 Å². The number of benzene rings is 3. The zero-order valence-corrected chi connectivity index (χ0v) is 24.0. The first-order valence-electron chi connectivity index (χ1n) is 11.5. The number of nitrogens with one attached hydrogen (secondary N) is 2. The van der Waals surface area contributed by atoms with Crippen LogP contribution in [0.2, 0.25) is 10.0 Å². The number of halogens is 3. The summed E-state index contributed by atoms with van der Waals surface area (Å²) in [6.07, 6.45) is 1.34. The third kappa shape index (κ3) is 6.70. The summed E-state index contributed by atoms with van der Waals surface area (Å²) in [5.74, 6) is -1.41. The van der Waals surface area contributed by atoms with Crippen LogP contribution in [0.5, 0.6) is 11.5 Å². The molecule has 0 saturated carbocycles. The number of hydrogen-bond acceptors (Lipinski definition) is 6. The van der Waals surface area contributed by atoms with Crippen LogP contribution in [0.1, 0.15) is 12.5 Å². The molecule has 0 spiro atoms. The summed E-state index contributed by atoms with van der Waals surface area (Å²) in [6.45, 7) is 1.80. The van der Waals surface area contributed by atoms with Gasteiger partial charge in [0.05, 0.1) is 25.9 Å². The maximum absolute atomic E-state index is 13.2. The second-order valence-electron chi connectivity index (χ2n) is 8.02. The number of anilines is 2. The molecule has 0 bridgehead atoms. The quantitative estimate of drug-likeness (QED) is 0.180. The van der Waals surface area contributed by atoms with E-state index in [0.717, 1.165) is 4.90 Å². The van der Waals surface area contributed by atoms with Crippen LogP contribution in [0.25, 0.3) is 6.08 Å². The van der Waals surface area contributed by atoms with Crippen molar-refractivity contribution in [3.05, 3.63) is 85.4 Å². The summed E-state index contributed by atoms with van der Waals surface area (Å²) in [5, 5.41) is 5.29. The Hall–Kier alpha value is -3.61. The molecule has 0 unspecified atom stereocenters. The van der Waals surface area contributed by atoms with Crippen LogP contribution in [-0.2, 0) is 14.4 Å². The van der Waals surface area contributed by atoms with Gasteiger partial charge in [0.1, 0.15) is 5.57 Å². The largest absolute Gasteiger partial charge is 0.490 e. The van der Waals surface area contributed by atoms with Crippen LogP contribution in [-0.4, -0.2) is 37.0 Å². The van der Waals surface area contributed by atoms with Gasteiger partial charge in [-0.15, -0.1) is 0 Å². The number of amides is 5. The molecule has 5 amide bonds. The monoisotopic (exact) mass is 679 g/mol. The zero-order valence-electron chi connectivity index (χ0n) is 20.3. The smallest absolute Gasteiger partial charge is 0.335 e. The van der Waals surface area contributed by atoms with E-state index in [1.54, 1.807) is 43.3 Å². The summed E-state index contributed by atoms with van der Waals surface area (Å²) in [7, 11) is 0. The van der Waals surface area contributed by atoms with Crippen LogP contribution in [0, 0.1) is 3.57 Å². The highest BCUT2D eigenvalue weighted by Gasteiger charge is 2.37. The van der Waals surface area contributed by atoms with E-state index >= 15 is 0 Å². The number of carbonyl (C=O) groups is 4. The van der Waals surface area contributed by atoms with E-state index in [1.165, 1.54) is 24.3 Å². The predicted octanol–water partition coefficient (Wildman–Crippen LogP) is 5.68. The molecule has 0 aliphatic carbocycles. The van der Waals surface area contributed by atoms with Gasteiger partial charge in [-0.2, -0.15) is 0 Å². The minimum absolute atomic E-state index is 0.140. The van der Waals surface area contributed by atoms with Crippen molar-refractivity contribution >= 4 is 87.0 Å². The number of carbonyl (C=O) groups excluding carboxylic acids is 4. The van der Waals surface area contributed by atoms with Gasteiger partial charge in [-0.05, 0) is 83.6 Å². The Morgan fingerprint density at radius 3 is 2.46 bits per heavy atom. The Morgan fingerprint density at radius 1 is 1.03 bits per heavy atom. The van der Waals surface area contributed by atoms with E-state index in [2.05, 4.69) is 10.6 Å². The van der Waals surface area contributed by atoms with Gasteiger partial charge in [0.2, 0.25) is 0 Å². The van der Waals surface area contributed by atoms with Crippen molar-refractivity contribution in [3.8, 4) is 11.5 Å². The molecular weight excluding hydrogens is 660 g/mol. The lowest BCUT2D eigenvalue weighted by Gasteiger charge is -2.26. The van der Waals surface area contributed by atoms with E-state index in [-0.39, 0.29) is 33.8 Å². The van der Waals surface area contributed by atoms with E-state index in [1.807, 2.05) is 28.7 Å². The molecule has 200 valence electrons. The second kappa shape index (κ2) is 12.5. The van der Waals surface area contributed by atoms with Crippen LogP contribution >= 0.6 is 45.8 Å². The predicted molar refractivity (Wildman–Crippen MR) is 156 cm³/mol. The van der Waals surface area contributed by atoms with Crippen molar-refractivity contribution in [2.24, 2.45) is 0 Å². The molecule has 1 aliphatic rings. The van der Waals surface area contributed by atoms with Gasteiger partial charge in [-0.25, -0.2) is 9.69 Å². The molecule has 0 atom stereocenters. The molecule has 3 aromatic rings. The van der Waals surface area contributed by atoms with E-state index in [0.29, 0.717) is 32.9 Å². The SMILES string of the molecule is CCOc1cc(/C=C2\C(=O)NC(=O)N(c3ccc(Cl)c(Cl)c3)C2=O)cc(I)c1OCC(=O)Nc1ccccc1. The van der Waals surface area contributed by atoms with Crippen molar-refractivity contribution in [1.82, 2.24) is 5.32 Å². The van der Waals surface area contributed by atoms with E-state index in [9.17, 15) is 19.2 Å². The lowest BCUT2D eigenvalue weighted by Crippen LogP contribution is -2.54. The average molecular weight is 680 g/mol. The summed E-state index contributed by atoms with van der Waals surface area (Å²) in [6, 6.07) is 15.5. The van der Waals surface area contributed by atoms with Gasteiger partial charge in [0, 0.05) is 5.69 Å². The highest BCUT2D eigenvalue weighted by Crippen LogP contribution is 2.36. The minimum atomic E-state index is -0.914. The molecular formula is C27H20Cl2IN3O6. The minimum Gasteiger partial charge on any atom is -0.490 e. The number of imide groups is 2. The summed E-state index contributed by atoms with van der Waals surface area (Å²) in [4.78, 5) is 51.5. The number of para-hydroxylation sites is 1. The lowest BCUT2D eigenvalue weighted by atomic mass is 10.1. The fourth-order valence-electron chi connectivity index (χ4n) is 3.61. The van der Waals surface area contributed by atoms with Crippen molar-refractivity contribution < 1.29 is 28.7 Å². The molecule has 1 fully saturated rings. The van der Waals surface area contributed by atoms with Crippen LogP contribution in [0.4, 0.5) is 16.2 Å². The topological polar surface area (TPSA) is 114 Å². The zero-order chi connectivity index (χ0) is 28.1. The van der Waals surface area contributed by atoms with Crippen molar-refractivity contribution in [2.75, 3.05) is 23.4 Å². The Kier molecular flexibility index (Phi) is 9.10. The van der Waals surface area contributed by atoms with Gasteiger partial charge in [0.15, 0.2) is 18.1 Å². The standard InChI is InChI=1S/C27H20Cl2IN3O6/c1-2-38-22-12-15(11-21(30)24(22)39-14-23(34)31-16-6-4-3-5-7-16)10-18-25(35)32-27(37)33(26(18)36)17-8-9-19(28)20(29)13-17/h3-13H,2,14H2,1H3,(H,31,34)(H,32,35,37)/b18-10+. The Bertz CT molecular complexity index is 1500. The molecule has 1 aliphatic heterocycles. The van der Waals surface area contributed by atoms with Gasteiger partial charge in [0.25, 0.3) is 17.7 Å². The van der Waals surface area contributed by atoms with Crippen molar-refractivity contribution in [1.29, 1.82) is 0 Å². The maximum atomic E-state index is 13.2. The molecule has 0 radical (unpaired) electrons. The Morgan fingerprint density at radius 2 is 1.77 bits per heavy atom. The first kappa shape index (κ1) is 28.4. The molecule has 2 N–H and O–H groups in total. The van der Waals surface area contributed by atoms with Crippen LogP contribution in [0.15, 0.2) is 66.2 Å². The van der Waals surface area contributed by atoms with Gasteiger partial charge in [-0.1, -0.05) is 41.4 Å². The average Bonchev–Trinajstić information content (AvgIpc) is 2.89. The molecule has 4 rings (SSSR count). The molecule has 9 nitrogen and oxygen atoms in total. The van der Waals surface area contributed by atoms with Crippen LogP contribution < -0.4 is 25.0 Å². The molecule has 39 heavy (non-hydrogen) atoms. The van der Waals surface area contributed by atoms with Crippen molar-refractivity contribution in [2.45, 2.75) is 6.92 Å². The third-order valence-electron chi connectivity index (χ3n) is 5.31. The van der Waals surface area contributed by atoms with E-state index < -0.39 is 17.8 Å². The highest BCUT2D eigenvalue weighted by atomic mass is 127. The number of rotatable bonds is 8. The molecule has 3 aromatic carbocycles. The fraction of sp³-hybridized carbons (Fsp3) is 0.111. The molecule has 0 aromatic heterocycles. The molecule has 12 heteroatoms. The Balaban J connectivity index is 1.60. The number of nitrogens with zero attached hydrogens (tertiary/aromatic N) is 1. The lowest BCUT2D eigenvalue weighted by molar-refractivity contribution is -0.122. The van der Waals surface area contributed by atoms with Gasteiger partial charge < -0.3 is 14.8 Å². The highest BCUT2D eigenvalue weighted by molar-refractivity contribution is 14.1. The van der Waals surface area contributed by atoms with E-state index in [4.69, 9.17) is 32.7 Å². The molecule has 1 saturated heterocycles. The second-order valence-corrected chi connectivity index (χ2v) is 10.00.